The van der Waals surface area contributed by atoms with Crippen molar-refractivity contribution in [2.24, 2.45) is 7.05 Å². The first-order chi connectivity index (χ1) is 6.20. The van der Waals surface area contributed by atoms with Crippen LogP contribution in [0.1, 0.15) is 10.4 Å². The van der Waals surface area contributed by atoms with E-state index in [1.165, 1.54) is 0 Å². The monoisotopic (exact) mass is 171 g/mol. The van der Waals surface area contributed by atoms with Gasteiger partial charge in [-0.05, 0) is 6.07 Å². The van der Waals surface area contributed by atoms with Crippen LogP contribution in [0.25, 0.3) is 10.9 Å². The second-order valence-electron chi connectivity index (χ2n) is 3.04. The number of fused-ring (bicyclic) bond motifs is 1. The molecule has 2 heteroatoms. The fourth-order valence-electron chi connectivity index (χ4n) is 1.54. The number of aromatic nitrogens is 1. The van der Waals surface area contributed by atoms with E-state index >= 15 is 0 Å². The topological polar surface area (TPSA) is 22.0 Å². The molecule has 2 rings (SSSR count). The van der Waals surface area contributed by atoms with E-state index in [1.807, 2.05) is 35.9 Å². The number of carbonyl (C=O) groups is 1. The van der Waals surface area contributed by atoms with Gasteiger partial charge in [-0.1, -0.05) is 18.2 Å². The predicted octanol–water partition coefficient (Wildman–Crippen LogP) is 2.07. The van der Waals surface area contributed by atoms with E-state index < -0.39 is 0 Å². The van der Waals surface area contributed by atoms with E-state index in [4.69, 9.17) is 6.92 Å². The lowest BCUT2D eigenvalue weighted by atomic mass is 10.1. The van der Waals surface area contributed by atoms with Crippen LogP contribution in [0.2, 0.25) is 0 Å². The fourth-order valence-corrected chi connectivity index (χ4v) is 1.54. The Hall–Kier alpha value is -1.57. The van der Waals surface area contributed by atoms with Crippen LogP contribution in [-0.4, -0.2) is 10.4 Å². The van der Waals surface area contributed by atoms with Crippen molar-refractivity contribution < 1.29 is 4.79 Å². The summed E-state index contributed by atoms with van der Waals surface area (Å²) in [4.78, 5) is 11.0. The molecule has 0 bridgehead atoms. The molecule has 2 aromatic rings. The Bertz CT molecular complexity index is 468. The summed E-state index contributed by atoms with van der Waals surface area (Å²) in [6, 6.07) is 7.69. The third kappa shape index (κ3) is 1.15. The number of hydrogen-bond acceptors (Lipinski definition) is 1. The van der Waals surface area contributed by atoms with Gasteiger partial charge in [-0.15, -0.1) is 0 Å². The van der Waals surface area contributed by atoms with Crippen LogP contribution in [0.5, 0.6) is 0 Å². The standard InChI is InChI=1S/C11H9NO/c1-8(13)10-7-12(2)11-6-4-3-5-9(10)11/h1,3-7H,2H3. The number of Topliss-reactive ketones (excluding diaryl/α,β-unsaturated/α-hetero) is 1. The van der Waals surface area contributed by atoms with E-state index in [0.29, 0.717) is 5.56 Å². The van der Waals surface area contributed by atoms with Gasteiger partial charge in [0.15, 0.2) is 5.78 Å². The van der Waals surface area contributed by atoms with Crippen molar-refractivity contribution in [2.45, 2.75) is 0 Å². The van der Waals surface area contributed by atoms with Crippen molar-refractivity contribution in [1.29, 1.82) is 0 Å². The average molecular weight is 171 g/mol. The van der Waals surface area contributed by atoms with Gasteiger partial charge in [0.2, 0.25) is 0 Å². The Balaban J connectivity index is 2.85. The van der Waals surface area contributed by atoms with E-state index in [9.17, 15) is 4.79 Å². The third-order valence-corrected chi connectivity index (χ3v) is 2.16. The highest BCUT2D eigenvalue weighted by Gasteiger charge is 2.08. The van der Waals surface area contributed by atoms with Crippen LogP contribution in [0.3, 0.4) is 0 Å². The number of para-hydroxylation sites is 1. The van der Waals surface area contributed by atoms with Crippen molar-refractivity contribution in [3.05, 3.63) is 42.9 Å². The zero-order valence-electron chi connectivity index (χ0n) is 7.32. The first kappa shape index (κ1) is 8.05. The first-order valence-electron chi connectivity index (χ1n) is 4.04. The highest BCUT2D eigenvalue weighted by Crippen LogP contribution is 2.20. The molecule has 0 unspecified atom stereocenters. The van der Waals surface area contributed by atoms with E-state index in [2.05, 4.69) is 0 Å². The van der Waals surface area contributed by atoms with Gasteiger partial charge in [-0.25, -0.2) is 0 Å². The number of rotatable bonds is 1. The van der Waals surface area contributed by atoms with Gasteiger partial charge in [0.25, 0.3) is 0 Å². The molecule has 0 N–H and O–H groups in total. The molecule has 1 heterocycles. The Morgan fingerprint density at radius 1 is 1.38 bits per heavy atom. The minimum absolute atomic E-state index is 0.378. The normalized spacial score (nSPS) is 10.6. The van der Waals surface area contributed by atoms with Crippen LogP contribution in [-0.2, 0) is 7.05 Å². The summed E-state index contributed by atoms with van der Waals surface area (Å²) < 4.78 is 1.90. The summed E-state index contributed by atoms with van der Waals surface area (Å²) in [6.07, 6.45) is 1.76. The van der Waals surface area contributed by atoms with Crippen LogP contribution < -0.4 is 0 Å². The molecule has 0 aliphatic heterocycles. The van der Waals surface area contributed by atoms with Gasteiger partial charge in [-0.3, -0.25) is 4.79 Å². The molecule has 0 atom stereocenters. The van der Waals surface area contributed by atoms with E-state index in [1.54, 1.807) is 6.20 Å². The van der Waals surface area contributed by atoms with Crippen molar-refractivity contribution >= 4 is 16.7 Å². The van der Waals surface area contributed by atoms with Crippen molar-refractivity contribution in [3.63, 3.8) is 0 Å². The Morgan fingerprint density at radius 2 is 2.08 bits per heavy atom. The molecular weight excluding hydrogens is 162 g/mol. The number of carbonyl (C=O) groups excluding carboxylic acids is 1. The summed E-state index contributed by atoms with van der Waals surface area (Å²) in [5.41, 5.74) is 1.61. The van der Waals surface area contributed by atoms with Gasteiger partial charge in [0, 0.05) is 36.6 Å². The van der Waals surface area contributed by atoms with Gasteiger partial charge in [0.05, 0.1) is 0 Å². The molecule has 1 aromatic heterocycles. The SMILES string of the molecule is [CH]C(=O)c1cn(C)c2ccccc12. The first-order valence-corrected chi connectivity index (χ1v) is 4.04. The smallest absolute Gasteiger partial charge is 0.169 e. The summed E-state index contributed by atoms with van der Waals surface area (Å²) in [5.74, 6) is -0.378. The molecular formula is C11H9NO. The largest absolute Gasteiger partial charge is 0.350 e. The zero-order valence-corrected chi connectivity index (χ0v) is 7.32. The maximum Gasteiger partial charge on any atom is 0.169 e. The lowest BCUT2D eigenvalue weighted by molar-refractivity contribution is 0.104. The molecule has 13 heavy (non-hydrogen) atoms. The minimum Gasteiger partial charge on any atom is -0.350 e. The van der Waals surface area contributed by atoms with Crippen molar-refractivity contribution in [1.82, 2.24) is 4.57 Å². The molecule has 0 amide bonds. The third-order valence-electron chi connectivity index (χ3n) is 2.16. The van der Waals surface area contributed by atoms with Gasteiger partial charge in [0.1, 0.15) is 0 Å². The molecule has 0 aliphatic rings. The second kappa shape index (κ2) is 2.73. The summed E-state index contributed by atoms with van der Waals surface area (Å²) in [5, 5.41) is 0.914. The number of nitrogens with zero attached hydrogens (tertiary/aromatic N) is 1. The van der Waals surface area contributed by atoms with Crippen LogP contribution in [0, 0.1) is 6.92 Å². The molecule has 0 saturated heterocycles. The Morgan fingerprint density at radius 3 is 2.77 bits per heavy atom. The minimum atomic E-state index is -0.378. The Labute approximate surface area is 76.8 Å². The van der Waals surface area contributed by atoms with Gasteiger partial charge in [-0.2, -0.15) is 0 Å². The second-order valence-corrected chi connectivity index (χ2v) is 3.04. The highest BCUT2D eigenvalue weighted by atomic mass is 16.1. The molecule has 1 aromatic carbocycles. The van der Waals surface area contributed by atoms with Gasteiger partial charge < -0.3 is 4.57 Å². The number of ketones is 1. The molecule has 64 valence electrons. The van der Waals surface area contributed by atoms with Crippen molar-refractivity contribution in [2.75, 3.05) is 0 Å². The fraction of sp³-hybridized carbons (Fsp3) is 0.0909. The lowest BCUT2D eigenvalue weighted by Crippen LogP contribution is -1.89. The zero-order chi connectivity index (χ0) is 9.42. The summed E-state index contributed by atoms with van der Waals surface area (Å²) in [6.45, 7) is 5.24. The van der Waals surface area contributed by atoms with Crippen LogP contribution in [0.15, 0.2) is 30.5 Å². The Kier molecular flexibility index (Phi) is 1.69. The average Bonchev–Trinajstić information content (AvgIpc) is 2.45. The predicted molar refractivity (Wildman–Crippen MR) is 51.5 cm³/mol. The molecule has 2 nitrogen and oxygen atoms in total. The maximum absolute atomic E-state index is 11.0. The quantitative estimate of drug-likeness (QED) is 0.602. The maximum atomic E-state index is 11.0. The summed E-state index contributed by atoms with van der Waals surface area (Å²) >= 11 is 0. The molecule has 0 spiro atoms. The van der Waals surface area contributed by atoms with Crippen LogP contribution in [0.4, 0.5) is 0 Å². The molecule has 2 radical (unpaired) electrons. The number of aryl methyl sites for hydroxylation is 1. The summed E-state index contributed by atoms with van der Waals surface area (Å²) in [7, 11) is 1.90. The van der Waals surface area contributed by atoms with E-state index in [0.717, 1.165) is 10.9 Å². The van der Waals surface area contributed by atoms with Gasteiger partial charge >= 0.3 is 0 Å². The van der Waals surface area contributed by atoms with E-state index in [-0.39, 0.29) is 5.78 Å². The van der Waals surface area contributed by atoms with Crippen LogP contribution >= 0.6 is 0 Å². The number of hydrogen-bond donors (Lipinski definition) is 0. The molecule has 0 aliphatic carbocycles. The number of benzene rings is 1. The molecule has 0 saturated carbocycles. The highest BCUT2D eigenvalue weighted by molar-refractivity contribution is 6.10. The van der Waals surface area contributed by atoms with Crippen molar-refractivity contribution in [3.8, 4) is 0 Å². The lowest BCUT2D eigenvalue weighted by Gasteiger charge is -1.92. The molecule has 0 fully saturated rings.